The SMILES string of the molecule is Cc1ccc(N(C)C)c(C(c2c(N(C)C)ccc(C)c2C)c2c(N(C)C)ccc(C)c2C)c1C. The van der Waals surface area contributed by atoms with Crippen molar-refractivity contribution < 1.29 is 0 Å². The fraction of sp³-hybridized carbons (Fsp3) is 0.419. The average Bonchev–Trinajstić information content (AvgIpc) is 2.76. The van der Waals surface area contributed by atoms with E-state index in [2.05, 4.69) is 135 Å². The fourth-order valence-corrected chi connectivity index (χ4v) is 5.17. The van der Waals surface area contributed by atoms with Gasteiger partial charge in [0.2, 0.25) is 0 Å². The predicted octanol–water partition coefficient (Wildman–Crippen LogP) is 6.92. The highest BCUT2D eigenvalue weighted by molar-refractivity contribution is 5.74. The van der Waals surface area contributed by atoms with E-state index in [0.29, 0.717) is 0 Å². The van der Waals surface area contributed by atoms with Gasteiger partial charge in [0, 0.05) is 65.3 Å². The van der Waals surface area contributed by atoms with E-state index in [-0.39, 0.29) is 5.92 Å². The van der Waals surface area contributed by atoms with Crippen LogP contribution in [0, 0.1) is 41.5 Å². The third-order valence-corrected chi connectivity index (χ3v) is 7.60. The summed E-state index contributed by atoms with van der Waals surface area (Å²) >= 11 is 0. The Hall–Kier alpha value is -2.94. The van der Waals surface area contributed by atoms with E-state index < -0.39 is 0 Å². The number of rotatable bonds is 6. The maximum absolute atomic E-state index is 2.30. The monoisotopic (exact) mass is 457 g/mol. The molecule has 0 bridgehead atoms. The van der Waals surface area contributed by atoms with Crippen molar-refractivity contribution in [1.82, 2.24) is 0 Å². The molecule has 34 heavy (non-hydrogen) atoms. The average molecular weight is 458 g/mol. The third-order valence-electron chi connectivity index (χ3n) is 7.60. The smallest absolute Gasteiger partial charge is 0.0409 e. The minimum atomic E-state index is 0.104. The van der Waals surface area contributed by atoms with Crippen molar-refractivity contribution in [2.24, 2.45) is 0 Å². The Kier molecular flexibility index (Phi) is 7.35. The van der Waals surface area contributed by atoms with Gasteiger partial charge in [-0.1, -0.05) is 18.2 Å². The van der Waals surface area contributed by atoms with Crippen LogP contribution < -0.4 is 14.7 Å². The van der Waals surface area contributed by atoms with Crippen LogP contribution in [-0.4, -0.2) is 42.3 Å². The Morgan fingerprint density at radius 3 is 0.853 bits per heavy atom. The molecule has 0 aliphatic carbocycles. The standard InChI is InChI=1S/C31H43N3/c1-19-13-16-25(32(7)8)28(22(19)4)31(29-23(5)20(2)14-17-26(29)33(9)10)30-24(6)21(3)15-18-27(30)34(11)12/h13-18,31H,1-12H3. The van der Waals surface area contributed by atoms with E-state index in [9.17, 15) is 0 Å². The quantitative estimate of drug-likeness (QED) is 0.372. The Balaban J connectivity index is 2.64. The summed E-state index contributed by atoms with van der Waals surface area (Å²) in [6, 6.07) is 13.7. The summed E-state index contributed by atoms with van der Waals surface area (Å²) in [5.74, 6) is 0.104. The Labute approximate surface area is 208 Å². The van der Waals surface area contributed by atoms with Gasteiger partial charge in [-0.2, -0.15) is 0 Å². The predicted molar refractivity (Wildman–Crippen MR) is 152 cm³/mol. The molecule has 0 amide bonds. The summed E-state index contributed by atoms with van der Waals surface area (Å²) in [5, 5.41) is 0. The maximum Gasteiger partial charge on any atom is 0.0409 e. The van der Waals surface area contributed by atoms with Gasteiger partial charge < -0.3 is 14.7 Å². The lowest BCUT2D eigenvalue weighted by Crippen LogP contribution is -2.23. The summed E-state index contributed by atoms with van der Waals surface area (Å²) in [6.07, 6.45) is 0. The lowest BCUT2D eigenvalue weighted by molar-refractivity contribution is 0.894. The zero-order valence-electron chi connectivity index (χ0n) is 23.4. The number of nitrogens with zero attached hydrogens (tertiary/aromatic N) is 3. The lowest BCUT2D eigenvalue weighted by atomic mass is 9.75. The minimum absolute atomic E-state index is 0.104. The van der Waals surface area contributed by atoms with Gasteiger partial charge in [0.05, 0.1) is 0 Å². The molecule has 0 radical (unpaired) electrons. The molecule has 3 heteroatoms. The number of hydrogen-bond acceptors (Lipinski definition) is 3. The molecule has 0 spiro atoms. The first-order chi connectivity index (χ1) is 15.9. The van der Waals surface area contributed by atoms with Crippen LogP contribution in [0.2, 0.25) is 0 Å². The molecule has 0 aliphatic rings. The minimum Gasteiger partial charge on any atom is -0.377 e. The number of benzene rings is 3. The molecule has 0 fully saturated rings. The summed E-state index contributed by atoms with van der Waals surface area (Å²) < 4.78 is 0. The zero-order chi connectivity index (χ0) is 25.5. The second-order valence-electron chi connectivity index (χ2n) is 10.4. The fourth-order valence-electron chi connectivity index (χ4n) is 5.17. The van der Waals surface area contributed by atoms with Gasteiger partial charge in [0.15, 0.2) is 0 Å². The molecule has 3 rings (SSSR count). The van der Waals surface area contributed by atoms with Crippen LogP contribution in [0.4, 0.5) is 17.1 Å². The molecule has 0 heterocycles. The van der Waals surface area contributed by atoms with Gasteiger partial charge in [-0.05, 0) is 110 Å². The molecule has 3 aromatic rings. The van der Waals surface area contributed by atoms with E-state index in [1.807, 2.05) is 0 Å². The Bertz CT molecular complexity index is 1050. The number of anilines is 3. The maximum atomic E-state index is 2.30. The summed E-state index contributed by atoms with van der Waals surface area (Å²) in [4.78, 5) is 6.82. The van der Waals surface area contributed by atoms with Gasteiger partial charge in [-0.25, -0.2) is 0 Å². The highest BCUT2D eigenvalue weighted by Gasteiger charge is 2.31. The van der Waals surface area contributed by atoms with Crippen molar-refractivity contribution in [3.8, 4) is 0 Å². The van der Waals surface area contributed by atoms with Crippen molar-refractivity contribution in [1.29, 1.82) is 0 Å². The molecule has 0 atom stereocenters. The van der Waals surface area contributed by atoms with E-state index >= 15 is 0 Å². The first-order valence-electron chi connectivity index (χ1n) is 12.2. The molecule has 0 unspecified atom stereocenters. The number of aryl methyl sites for hydroxylation is 3. The molecular formula is C31H43N3. The van der Waals surface area contributed by atoms with Crippen molar-refractivity contribution in [2.75, 3.05) is 57.0 Å². The van der Waals surface area contributed by atoms with E-state index in [1.165, 1.54) is 67.1 Å². The van der Waals surface area contributed by atoms with Gasteiger partial charge >= 0.3 is 0 Å². The normalized spacial score (nSPS) is 11.2. The second kappa shape index (κ2) is 9.74. The molecule has 0 aromatic heterocycles. The first-order valence-corrected chi connectivity index (χ1v) is 12.2. The van der Waals surface area contributed by atoms with Gasteiger partial charge in [-0.15, -0.1) is 0 Å². The van der Waals surface area contributed by atoms with Crippen molar-refractivity contribution in [2.45, 2.75) is 47.5 Å². The van der Waals surface area contributed by atoms with Gasteiger partial charge in [0.25, 0.3) is 0 Å². The third kappa shape index (κ3) is 4.41. The van der Waals surface area contributed by atoms with Crippen molar-refractivity contribution in [3.05, 3.63) is 86.5 Å². The van der Waals surface area contributed by atoms with E-state index in [4.69, 9.17) is 0 Å². The Morgan fingerprint density at radius 1 is 0.412 bits per heavy atom. The molecule has 3 nitrogen and oxygen atoms in total. The van der Waals surface area contributed by atoms with Crippen molar-refractivity contribution in [3.63, 3.8) is 0 Å². The molecule has 182 valence electrons. The van der Waals surface area contributed by atoms with Crippen LogP contribution in [0.3, 0.4) is 0 Å². The largest absolute Gasteiger partial charge is 0.377 e. The summed E-state index contributed by atoms with van der Waals surface area (Å²) in [5.41, 5.74) is 16.2. The van der Waals surface area contributed by atoms with E-state index in [1.54, 1.807) is 0 Å². The van der Waals surface area contributed by atoms with Crippen LogP contribution in [0.15, 0.2) is 36.4 Å². The Morgan fingerprint density at radius 2 is 0.647 bits per heavy atom. The molecule has 0 N–H and O–H groups in total. The van der Waals surface area contributed by atoms with Gasteiger partial charge in [0.1, 0.15) is 0 Å². The second-order valence-corrected chi connectivity index (χ2v) is 10.4. The number of hydrogen-bond donors (Lipinski definition) is 0. The van der Waals surface area contributed by atoms with Crippen molar-refractivity contribution >= 4 is 17.1 Å². The highest BCUT2D eigenvalue weighted by atomic mass is 15.1. The van der Waals surface area contributed by atoms with Crippen LogP contribution in [0.1, 0.15) is 56.0 Å². The van der Waals surface area contributed by atoms with Crippen LogP contribution in [-0.2, 0) is 0 Å². The van der Waals surface area contributed by atoms with Crippen LogP contribution >= 0.6 is 0 Å². The summed E-state index contributed by atoms with van der Waals surface area (Å²) in [7, 11) is 13.0. The zero-order valence-corrected chi connectivity index (χ0v) is 23.4. The summed E-state index contributed by atoms with van der Waals surface area (Å²) in [6.45, 7) is 13.6. The first kappa shape index (κ1) is 25.7. The topological polar surface area (TPSA) is 9.72 Å². The van der Waals surface area contributed by atoms with Crippen LogP contribution in [0.5, 0.6) is 0 Å². The van der Waals surface area contributed by atoms with E-state index in [0.717, 1.165) is 0 Å². The lowest BCUT2D eigenvalue weighted by Gasteiger charge is -2.35. The highest BCUT2D eigenvalue weighted by Crippen LogP contribution is 2.48. The van der Waals surface area contributed by atoms with Gasteiger partial charge in [-0.3, -0.25) is 0 Å². The molecule has 3 aromatic carbocycles. The molecule has 0 aliphatic heterocycles. The van der Waals surface area contributed by atoms with Crippen LogP contribution in [0.25, 0.3) is 0 Å². The molecular weight excluding hydrogens is 414 g/mol. The molecule has 0 saturated heterocycles. The molecule has 0 saturated carbocycles.